The summed E-state index contributed by atoms with van der Waals surface area (Å²) in [6, 6.07) is 0. The predicted octanol–water partition coefficient (Wildman–Crippen LogP) is 0.408. The maximum absolute atomic E-state index is 10.5. The number of ether oxygens (including phenoxy) is 1. The molecule has 1 unspecified atom stereocenters. The lowest BCUT2D eigenvalue weighted by Gasteiger charge is -2.27. The van der Waals surface area contributed by atoms with E-state index in [4.69, 9.17) is 10.5 Å². The lowest BCUT2D eigenvalue weighted by atomic mass is 9.89. The van der Waals surface area contributed by atoms with Gasteiger partial charge in [-0.2, -0.15) is 0 Å². The van der Waals surface area contributed by atoms with Crippen LogP contribution in [0, 0.1) is 5.92 Å². The zero-order valence-electron chi connectivity index (χ0n) is 11.2. The van der Waals surface area contributed by atoms with Gasteiger partial charge in [-0.1, -0.05) is 6.92 Å². The fourth-order valence-electron chi connectivity index (χ4n) is 2.18. The van der Waals surface area contributed by atoms with Crippen LogP contribution in [-0.4, -0.2) is 42.9 Å². The summed E-state index contributed by atoms with van der Waals surface area (Å²) in [5.74, 6) is 0.481. The van der Waals surface area contributed by atoms with Crippen molar-refractivity contribution in [1.29, 1.82) is 0 Å². The lowest BCUT2D eigenvalue weighted by molar-refractivity contribution is -0.117. The van der Waals surface area contributed by atoms with Gasteiger partial charge in [0.15, 0.2) is 0 Å². The number of aliphatic hydroxyl groups is 1. The number of hydrogen-bond donors (Lipinski definition) is 3. The first kappa shape index (κ1) is 15.4. The van der Waals surface area contributed by atoms with E-state index in [0.29, 0.717) is 32.2 Å². The fourth-order valence-corrected chi connectivity index (χ4v) is 2.18. The molecule has 0 bridgehead atoms. The van der Waals surface area contributed by atoms with Crippen LogP contribution in [0.1, 0.15) is 39.0 Å². The van der Waals surface area contributed by atoms with Gasteiger partial charge in [0.25, 0.3) is 0 Å². The molecule has 0 aromatic carbocycles. The molecule has 0 spiro atoms. The van der Waals surface area contributed by atoms with Crippen LogP contribution < -0.4 is 11.1 Å². The summed E-state index contributed by atoms with van der Waals surface area (Å²) in [4.78, 5) is 10.5. The van der Waals surface area contributed by atoms with Crippen molar-refractivity contribution < 1.29 is 14.6 Å². The maximum Gasteiger partial charge on any atom is 0.218 e. The summed E-state index contributed by atoms with van der Waals surface area (Å²) >= 11 is 0. The molecule has 0 aromatic rings. The van der Waals surface area contributed by atoms with Crippen molar-refractivity contribution in [1.82, 2.24) is 5.32 Å². The minimum atomic E-state index is -0.516. The Morgan fingerprint density at radius 2 is 2.11 bits per heavy atom. The minimum Gasteiger partial charge on any atom is -0.389 e. The molecule has 18 heavy (non-hydrogen) atoms. The molecule has 0 heterocycles. The Morgan fingerprint density at radius 3 is 2.72 bits per heavy atom. The van der Waals surface area contributed by atoms with Gasteiger partial charge in [-0.25, -0.2) is 0 Å². The number of rotatable bonds is 8. The summed E-state index contributed by atoms with van der Waals surface area (Å²) in [6.45, 7) is 3.58. The zero-order valence-corrected chi connectivity index (χ0v) is 11.2. The third kappa shape index (κ3) is 6.93. The van der Waals surface area contributed by atoms with Crippen molar-refractivity contribution in [3.05, 3.63) is 0 Å². The summed E-state index contributed by atoms with van der Waals surface area (Å²) in [5, 5.41) is 12.7. The maximum atomic E-state index is 10.5. The number of nitrogens with two attached hydrogens (primary N) is 1. The molecule has 5 heteroatoms. The monoisotopic (exact) mass is 258 g/mol. The molecule has 0 saturated heterocycles. The van der Waals surface area contributed by atoms with Crippen LogP contribution in [0.2, 0.25) is 0 Å². The first-order valence-corrected chi connectivity index (χ1v) is 6.86. The van der Waals surface area contributed by atoms with Crippen LogP contribution in [0.15, 0.2) is 0 Å². The van der Waals surface area contributed by atoms with Gasteiger partial charge in [0.1, 0.15) is 0 Å². The summed E-state index contributed by atoms with van der Waals surface area (Å²) < 4.78 is 5.69. The second kappa shape index (κ2) is 8.45. The second-order valence-corrected chi connectivity index (χ2v) is 5.29. The largest absolute Gasteiger partial charge is 0.389 e. The van der Waals surface area contributed by atoms with Crippen molar-refractivity contribution >= 4 is 5.91 Å². The van der Waals surface area contributed by atoms with E-state index in [2.05, 4.69) is 12.2 Å². The summed E-state index contributed by atoms with van der Waals surface area (Å²) in [7, 11) is 0. The Morgan fingerprint density at radius 1 is 1.44 bits per heavy atom. The predicted molar refractivity (Wildman–Crippen MR) is 70.1 cm³/mol. The van der Waals surface area contributed by atoms with Crippen molar-refractivity contribution in [3.8, 4) is 0 Å². The average molecular weight is 258 g/mol. The van der Waals surface area contributed by atoms with Gasteiger partial charge in [-0.15, -0.1) is 0 Å². The highest BCUT2D eigenvalue weighted by Crippen LogP contribution is 2.25. The van der Waals surface area contributed by atoms with E-state index in [1.54, 1.807) is 0 Å². The normalized spacial score (nSPS) is 25.9. The number of amides is 1. The third-order valence-electron chi connectivity index (χ3n) is 3.42. The number of carbonyl (C=O) groups is 1. The molecular weight excluding hydrogens is 232 g/mol. The first-order chi connectivity index (χ1) is 8.58. The summed E-state index contributed by atoms with van der Waals surface area (Å²) in [6.07, 6.45) is 4.73. The van der Waals surface area contributed by atoms with Crippen LogP contribution in [0.4, 0.5) is 0 Å². The van der Waals surface area contributed by atoms with Crippen LogP contribution >= 0.6 is 0 Å². The quantitative estimate of drug-likeness (QED) is 0.550. The standard InChI is InChI=1S/C13H26N2O3/c1-10-2-4-12(5-3-10)18-9-11(16)8-15-7-6-13(14)17/h10-12,15-16H,2-9H2,1H3,(H2,14,17). The number of carbonyl (C=O) groups excluding carboxylic acids is 1. The number of primary amides is 1. The molecule has 1 amide bonds. The smallest absolute Gasteiger partial charge is 0.218 e. The molecule has 0 aromatic heterocycles. The van der Waals surface area contributed by atoms with Gasteiger partial charge >= 0.3 is 0 Å². The number of aliphatic hydroxyl groups excluding tert-OH is 1. The molecule has 106 valence electrons. The highest BCUT2D eigenvalue weighted by molar-refractivity contribution is 5.73. The second-order valence-electron chi connectivity index (χ2n) is 5.29. The molecule has 1 fully saturated rings. The first-order valence-electron chi connectivity index (χ1n) is 6.86. The lowest BCUT2D eigenvalue weighted by Crippen LogP contribution is -2.34. The van der Waals surface area contributed by atoms with E-state index >= 15 is 0 Å². The Kier molecular flexibility index (Phi) is 7.23. The van der Waals surface area contributed by atoms with E-state index < -0.39 is 6.10 Å². The van der Waals surface area contributed by atoms with Crippen molar-refractivity contribution in [2.45, 2.75) is 51.2 Å². The zero-order chi connectivity index (χ0) is 13.4. The third-order valence-corrected chi connectivity index (χ3v) is 3.42. The van der Waals surface area contributed by atoms with Crippen molar-refractivity contribution in [3.63, 3.8) is 0 Å². The van der Waals surface area contributed by atoms with E-state index in [9.17, 15) is 9.90 Å². The minimum absolute atomic E-state index is 0.300. The van der Waals surface area contributed by atoms with Crippen LogP contribution in [0.3, 0.4) is 0 Å². The molecule has 0 radical (unpaired) electrons. The van der Waals surface area contributed by atoms with Gasteiger partial charge < -0.3 is 20.9 Å². The molecule has 1 aliphatic carbocycles. The van der Waals surface area contributed by atoms with Crippen molar-refractivity contribution in [2.24, 2.45) is 11.7 Å². The molecule has 0 aliphatic heterocycles. The van der Waals surface area contributed by atoms with Gasteiger partial charge in [0.2, 0.25) is 5.91 Å². The van der Waals surface area contributed by atoms with Gasteiger partial charge in [0.05, 0.1) is 18.8 Å². The molecule has 1 saturated carbocycles. The van der Waals surface area contributed by atoms with Crippen LogP contribution in [0.5, 0.6) is 0 Å². The number of nitrogens with one attached hydrogen (secondary N) is 1. The van der Waals surface area contributed by atoms with Gasteiger partial charge in [-0.3, -0.25) is 4.79 Å². The van der Waals surface area contributed by atoms with Crippen molar-refractivity contribution in [2.75, 3.05) is 19.7 Å². The molecule has 5 nitrogen and oxygen atoms in total. The topological polar surface area (TPSA) is 84.6 Å². The van der Waals surface area contributed by atoms with Crippen LogP contribution in [0.25, 0.3) is 0 Å². The fraction of sp³-hybridized carbons (Fsp3) is 0.923. The Bertz CT molecular complexity index is 240. The molecule has 1 atom stereocenters. The molecule has 1 aliphatic rings. The molecule has 4 N–H and O–H groups in total. The Balaban J connectivity index is 1.99. The van der Waals surface area contributed by atoms with E-state index in [0.717, 1.165) is 18.8 Å². The molecule has 1 rings (SSSR count). The average Bonchev–Trinajstić information content (AvgIpc) is 2.34. The van der Waals surface area contributed by atoms with E-state index in [1.807, 2.05) is 0 Å². The molecular formula is C13H26N2O3. The Labute approximate surface area is 109 Å². The van der Waals surface area contributed by atoms with Gasteiger partial charge in [-0.05, 0) is 31.6 Å². The number of hydrogen-bond acceptors (Lipinski definition) is 4. The highest BCUT2D eigenvalue weighted by atomic mass is 16.5. The summed E-state index contributed by atoms with van der Waals surface area (Å²) in [5.41, 5.74) is 5.01. The van der Waals surface area contributed by atoms with Crippen LogP contribution in [-0.2, 0) is 9.53 Å². The highest BCUT2D eigenvalue weighted by Gasteiger charge is 2.19. The van der Waals surface area contributed by atoms with E-state index in [1.165, 1.54) is 12.8 Å². The van der Waals surface area contributed by atoms with E-state index in [-0.39, 0.29) is 5.91 Å². The SMILES string of the molecule is CC1CCC(OCC(O)CNCCC(N)=O)CC1. The van der Waals surface area contributed by atoms with Gasteiger partial charge in [0, 0.05) is 19.5 Å². The Hall–Kier alpha value is -0.650.